The van der Waals surface area contributed by atoms with Crippen LogP contribution in [0.3, 0.4) is 0 Å². The van der Waals surface area contributed by atoms with Crippen LogP contribution in [0.15, 0.2) is 24.3 Å². The van der Waals surface area contributed by atoms with Crippen LogP contribution in [-0.4, -0.2) is 11.5 Å². The Morgan fingerprint density at radius 3 is 2.21 bits per heavy atom. The van der Waals surface area contributed by atoms with Crippen molar-refractivity contribution in [1.29, 1.82) is 0 Å². The monoisotopic (exact) mass is 214 g/mol. The van der Waals surface area contributed by atoms with Crippen LogP contribution in [0.1, 0.15) is 20.3 Å². The van der Waals surface area contributed by atoms with E-state index in [0.29, 0.717) is 0 Å². The lowest BCUT2D eigenvalue weighted by Crippen LogP contribution is -2.28. The zero-order valence-corrected chi connectivity index (χ0v) is 9.20. The molecule has 0 saturated carbocycles. The molecule has 0 heterocycles. The van der Waals surface area contributed by atoms with Crippen LogP contribution < -0.4 is 0 Å². The lowest BCUT2D eigenvalue weighted by Gasteiger charge is -2.25. The average molecular weight is 215 g/mol. The van der Waals surface area contributed by atoms with E-state index in [1.165, 1.54) is 0 Å². The SMILES string of the molecule is CC1C=CCC=CC(C)C1OC(=O)Cl. The Kier molecular flexibility index (Phi) is 4.21. The molecule has 0 saturated heterocycles. The largest absolute Gasteiger partial charge is 0.449 e. The highest BCUT2D eigenvalue weighted by molar-refractivity contribution is 6.61. The summed E-state index contributed by atoms with van der Waals surface area (Å²) < 4.78 is 5.08. The molecule has 0 aromatic rings. The predicted molar refractivity (Wildman–Crippen MR) is 57.3 cm³/mol. The Labute approximate surface area is 89.6 Å². The van der Waals surface area contributed by atoms with Crippen molar-refractivity contribution in [2.24, 2.45) is 11.8 Å². The minimum absolute atomic E-state index is 0.159. The van der Waals surface area contributed by atoms with Crippen LogP contribution in [0.5, 0.6) is 0 Å². The zero-order chi connectivity index (χ0) is 10.6. The van der Waals surface area contributed by atoms with E-state index in [9.17, 15) is 4.79 Å². The molecule has 0 bridgehead atoms. The third-order valence-corrected chi connectivity index (χ3v) is 2.51. The van der Waals surface area contributed by atoms with Crippen LogP contribution in [-0.2, 0) is 4.74 Å². The van der Waals surface area contributed by atoms with Gasteiger partial charge >= 0.3 is 5.43 Å². The van der Waals surface area contributed by atoms with Crippen molar-refractivity contribution in [3.63, 3.8) is 0 Å². The Balaban J connectivity index is 2.74. The van der Waals surface area contributed by atoms with E-state index >= 15 is 0 Å². The highest BCUT2D eigenvalue weighted by Crippen LogP contribution is 2.22. The lowest BCUT2D eigenvalue weighted by atomic mass is 9.90. The Morgan fingerprint density at radius 1 is 1.29 bits per heavy atom. The van der Waals surface area contributed by atoms with Crippen molar-refractivity contribution in [2.75, 3.05) is 0 Å². The molecule has 78 valence electrons. The lowest BCUT2D eigenvalue weighted by molar-refractivity contribution is 0.0751. The first-order valence-corrected chi connectivity index (χ1v) is 5.18. The number of carbonyl (C=O) groups is 1. The van der Waals surface area contributed by atoms with Gasteiger partial charge in [0.1, 0.15) is 6.10 Å². The molecule has 0 aromatic carbocycles. The number of halogens is 1. The van der Waals surface area contributed by atoms with Gasteiger partial charge in [-0.1, -0.05) is 38.2 Å². The number of hydrogen-bond acceptors (Lipinski definition) is 2. The summed E-state index contributed by atoms with van der Waals surface area (Å²) in [6, 6.07) is 0. The molecule has 0 aromatic heterocycles. The molecule has 3 heteroatoms. The summed E-state index contributed by atoms with van der Waals surface area (Å²) in [4.78, 5) is 10.7. The van der Waals surface area contributed by atoms with E-state index in [4.69, 9.17) is 16.3 Å². The van der Waals surface area contributed by atoms with Crippen molar-refractivity contribution in [2.45, 2.75) is 26.4 Å². The molecule has 0 amide bonds. The summed E-state index contributed by atoms with van der Waals surface area (Å²) in [5.41, 5.74) is -0.726. The number of hydrogen-bond donors (Lipinski definition) is 0. The minimum atomic E-state index is -0.726. The highest BCUT2D eigenvalue weighted by Gasteiger charge is 2.24. The molecule has 0 spiro atoms. The molecule has 1 aliphatic rings. The van der Waals surface area contributed by atoms with Gasteiger partial charge in [0.25, 0.3) is 0 Å². The average Bonchev–Trinajstić information content (AvgIpc) is 2.11. The number of ether oxygens (including phenoxy) is 1. The molecular weight excluding hydrogens is 200 g/mol. The van der Waals surface area contributed by atoms with Gasteiger partial charge in [0.15, 0.2) is 0 Å². The standard InChI is InChI=1S/C11H15ClO2/c1-8-6-4-3-5-7-9(2)10(8)14-11(12)13/h4-10H,3H2,1-2H3. The Hall–Kier alpha value is -0.760. The molecule has 2 nitrogen and oxygen atoms in total. The molecule has 14 heavy (non-hydrogen) atoms. The Morgan fingerprint density at radius 2 is 1.79 bits per heavy atom. The van der Waals surface area contributed by atoms with E-state index in [1.54, 1.807) is 0 Å². The van der Waals surface area contributed by atoms with Crippen LogP contribution in [0.4, 0.5) is 4.79 Å². The van der Waals surface area contributed by atoms with Crippen molar-refractivity contribution in [3.05, 3.63) is 24.3 Å². The number of rotatable bonds is 1. The summed E-state index contributed by atoms with van der Waals surface area (Å²) >= 11 is 5.23. The molecule has 1 rings (SSSR count). The van der Waals surface area contributed by atoms with E-state index in [-0.39, 0.29) is 17.9 Å². The molecular formula is C11H15ClO2. The zero-order valence-electron chi connectivity index (χ0n) is 8.44. The van der Waals surface area contributed by atoms with Gasteiger partial charge in [-0.05, 0) is 6.42 Å². The van der Waals surface area contributed by atoms with Gasteiger partial charge in [0.05, 0.1) is 0 Å². The second-order valence-electron chi connectivity index (χ2n) is 3.63. The third-order valence-electron chi connectivity index (χ3n) is 2.42. The maximum absolute atomic E-state index is 10.7. The van der Waals surface area contributed by atoms with Crippen molar-refractivity contribution in [3.8, 4) is 0 Å². The Bertz CT molecular complexity index is 240. The van der Waals surface area contributed by atoms with Gasteiger partial charge in [-0.25, -0.2) is 4.79 Å². The van der Waals surface area contributed by atoms with Crippen molar-refractivity contribution < 1.29 is 9.53 Å². The first-order valence-electron chi connectivity index (χ1n) is 4.80. The maximum atomic E-state index is 10.7. The fourth-order valence-corrected chi connectivity index (χ4v) is 1.79. The van der Waals surface area contributed by atoms with E-state index in [1.807, 2.05) is 13.8 Å². The van der Waals surface area contributed by atoms with Crippen molar-refractivity contribution in [1.82, 2.24) is 0 Å². The van der Waals surface area contributed by atoms with Gasteiger partial charge in [-0.2, -0.15) is 0 Å². The van der Waals surface area contributed by atoms with Crippen LogP contribution in [0.25, 0.3) is 0 Å². The molecule has 2 atom stereocenters. The van der Waals surface area contributed by atoms with Crippen molar-refractivity contribution >= 4 is 17.0 Å². The molecule has 0 aliphatic heterocycles. The van der Waals surface area contributed by atoms with E-state index in [2.05, 4.69) is 24.3 Å². The molecule has 0 N–H and O–H groups in total. The molecule has 0 fully saturated rings. The first kappa shape index (κ1) is 11.3. The summed E-state index contributed by atoms with van der Waals surface area (Å²) in [5.74, 6) is 0.412. The van der Waals surface area contributed by atoms with Gasteiger partial charge in [-0.3, -0.25) is 0 Å². The number of carbonyl (C=O) groups excluding carboxylic acids is 1. The third kappa shape index (κ3) is 3.18. The van der Waals surface area contributed by atoms with E-state index < -0.39 is 5.43 Å². The summed E-state index contributed by atoms with van der Waals surface area (Å²) in [6.45, 7) is 4.05. The number of allylic oxidation sites excluding steroid dienone is 2. The van der Waals surface area contributed by atoms with Gasteiger partial charge in [-0.15, -0.1) is 0 Å². The molecule has 0 radical (unpaired) electrons. The topological polar surface area (TPSA) is 26.3 Å². The normalized spacial score (nSPS) is 32.1. The maximum Gasteiger partial charge on any atom is 0.404 e. The minimum Gasteiger partial charge on any atom is -0.449 e. The highest BCUT2D eigenvalue weighted by atomic mass is 35.5. The predicted octanol–water partition coefficient (Wildman–Crippen LogP) is 3.52. The first-order chi connectivity index (χ1) is 6.61. The summed E-state index contributed by atoms with van der Waals surface area (Å²) in [6.07, 6.45) is 9.04. The van der Waals surface area contributed by atoms with Gasteiger partial charge in [0.2, 0.25) is 0 Å². The van der Waals surface area contributed by atoms with Gasteiger partial charge in [0, 0.05) is 23.4 Å². The second kappa shape index (κ2) is 5.20. The van der Waals surface area contributed by atoms with Crippen LogP contribution >= 0.6 is 11.6 Å². The fraction of sp³-hybridized carbons (Fsp3) is 0.545. The molecule has 1 aliphatic carbocycles. The quantitative estimate of drug-likeness (QED) is 0.493. The molecule has 2 unspecified atom stereocenters. The van der Waals surface area contributed by atoms with Crippen LogP contribution in [0, 0.1) is 11.8 Å². The second-order valence-corrected chi connectivity index (χ2v) is 3.94. The van der Waals surface area contributed by atoms with E-state index in [0.717, 1.165) is 6.42 Å². The summed E-state index contributed by atoms with van der Waals surface area (Å²) in [5, 5.41) is 0. The van der Waals surface area contributed by atoms with Crippen LogP contribution in [0.2, 0.25) is 0 Å². The smallest absolute Gasteiger partial charge is 0.404 e. The fourth-order valence-electron chi connectivity index (χ4n) is 1.68. The van der Waals surface area contributed by atoms with Gasteiger partial charge < -0.3 is 4.74 Å². The summed E-state index contributed by atoms with van der Waals surface area (Å²) in [7, 11) is 0.